The molecule has 0 atom stereocenters. The molecule has 7 heteroatoms. The van der Waals surface area contributed by atoms with Crippen molar-refractivity contribution >= 4 is 7.82 Å². The smallest absolute Gasteiger partial charge is 0.790 e. The van der Waals surface area contributed by atoms with Gasteiger partial charge in [-0.15, -0.1) is 0 Å². The number of rotatable bonds is 21. The minimum absolute atomic E-state index is 0. The van der Waals surface area contributed by atoms with Gasteiger partial charge in [0.1, 0.15) is 0 Å². The van der Waals surface area contributed by atoms with Crippen LogP contribution in [-0.2, 0) is 9.09 Å². The summed E-state index contributed by atoms with van der Waals surface area (Å²) in [5, 5.41) is 0. The summed E-state index contributed by atoms with van der Waals surface area (Å²) in [5.74, 6) is 0. The number of hydrogen-bond acceptors (Lipinski definition) is 4. The molecule has 0 aliphatic heterocycles. The number of hydrogen-bond donors (Lipinski definition) is 0. The molecule has 0 fully saturated rings. The molecule has 0 aromatic heterocycles. The summed E-state index contributed by atoms with van der Waals surface area (Å²) >= 11 is 0. The molecule has 0 aromatic carbocycles. The van der Waals surface area contributed by atoms with Gasteiger partial charge in [0.2, 0.25) is 0 Å². The molecule has 28 heavy (non-hydrogen) atoms. The van der Waals surface area contributed by atoms with Gasteiger partial charge in [-0.05, 0) is 6.42 Å². The molecule has 0 spiro atoms. The van der Waals surface area contributed by atoms with Crippen LogP contribution in [0.25, 0.3) is 0 Å². The molecule has 0 unspecified atom stereocenters. The van der Waals surface area contributed by atoms with Crippen LogP contribution in [0.15, 0.2) is 0 Å². The molecule has 0 aromatic rings. The van der Waals surface area contributed by atoms with E-state index >= 15 is 0 Å². The third kappa shape index (κ3) is 32.8. The van der Waals surface area contributed by atoms with Crippen LogP contribution in [0, 0.1) is 0 Å². The van der Waals surface area contributed by atoms with Gasteiger partial charge in [-0.2, -0.15) is 0 Å². The van der Waals surface area contributed by atoms with E-state index < -0.39 is 7.82 Å². The van der Waals surface area contributed by atoms with Gasteiger partial charge in [0.05, 0.1) is 14.4 Å². The zero-order chi connectivity index (χ0) is 19.3. The van der Waals surface area contributed by atoms with Gasteiger partial charge in [0.25, 0.3) is 0 Å². The summed E-state index contributed by atoms with van der Waals surface area (Å²) in [4.78, 5) is 20.5. The first-order chi connectivity index (χ1) is 12.6. The third-order valence-electron chi connectivity index (χ3n) is 5.00. The van der Waals surface area contributed by atoms with Crippen molar-refractivity contribution in [3.63, 3.8) is 0 Å². The molecule has 0 bridgehead atoms. The van der Waals surface area contributed by atoms with E-state index in [0.717, 1.165) is 12.8 Å². The van der Waals surface area contributed by atoms with E-state index in [0.29, 0.717) is 6.42 Å². The molecule has 0 N–H and O–H groups in total. The Morgan fingerprint density at radius 1 is 0.536 bits per heavy atom. The van der Waals surface area contributed by atoms with Crippen molar-refractivity contribution in [1.29, 1.82) is 0 Å². The van der Waals surface area contributed by atoms with Crippen molar-refractivity contribution in [2.24, 2.45) is 0 Å². The third-order valence-corrected chi connectivity index (χ3v) is 5.50. The fourth-order valence-electron chi connectivity index (χ4n) is 3.36. The van der Waals surface area contributed by atoms with E-state index in [-0.39, 0.29) is 65.7 Å². The second kappa shape index (κ2) is 27.1. The second-order valence-electron chi connectivity index (χ2n) is 7.64. The Balaban J connectivity index is -0.00000312. The molecule has 158 valence electrons. The maximum Gasteiger partial charge on any atom is 1.00 e. The van der Waals surface area contributed by atoms with Crippen molar-refractivity contribution in [3.8, 4) is 0 Å². The van der Waals surface area contributed by atoms with Crippen molar-refractivity contribution in [2.75, 3.05) is 6.61 Å². The van der Waals surface area contributed by atoms with E-state index in [9.17, 15) is 14.4 Å². The Hall–Kier alpha value is 2.11. The van der Waals surface area contributed by atoms with Crippen molar-refractivity contribution < 1.29 is 78.0 Å². The molecule has 0 heterocycles. The predicted octanol–water partition coefficient (Wildman–Crippen LogP) is 0.272. The van der Waals surface area contributed by atoms with Crippen molar-refractivity contribution in [3.05, 3.63) is 0 Å². The molecule has 0 aliphatic carbocycles. The molecule has 0 rings (SSSR count). The van der Waals surface area contributed by atoms with Crippen LogP contribution >= 0.6 is 7.82 Å². The van der Waals surface area contributed by atoms with Crippen LogP contribution in [-0.4, -0.2) is 6.61 Å². The Kier molecular flexibility index (Phi) is 33.7. The van der Waals surface area contributed by atoms with Gasteiger partial charge in [0, 0.05) is 0 Å². The van der Waals surface area contributed by atoms with Gasteiger partial charge in [0.15, 0.2) is 0 Å². The topological polar surface area (TPSA) is 72.4 Å². The predicted molar refractivity (Wildman–Crippen MR) is 107 cm³/mol. The fraction of sp³-hybridized carbons (Fsp3) is 1.00. The molecule has 0 amide bonds. The SMILES string of the molecule is CCCCCCCCCCCCCCCCCCCCCOP(=O)([O-])[O-].[Na+].[Na+]. The molecule has 0 radical (unpaired) electrons. The molecular formula is C21H43Na2O4P. The first kappa shape index (κ1) is 34.7. The molecular weight excluding hydrogens is 393 g/mol. The van der Waals surface area contributed by atoms with E-state index in [1.165, 1.54) is 103 Å². The summed E-state index contributed by atoms with van der Waals surface area (Å²) in [6, 6.07) is 0. The largest absolute Gasteiger partial charge is 1.00 e. The van der Waals surface area contributed by atoms with Crippen molar-refractivity contribution in [2.45, 2.75) is 129 Å². The Labute approximate surface area is 219 Å². The van der Waals surface area contributed by atoms with E-state index in [2.05, 4.69) is 11.4 Å². The Morgan fingerprint density at radius 2 is 0.786 bits per heavy atom. The summed E-state index contributed by atoms with van der Waals surface area (Å²) in [6.07, 6.45) is 24.7. The maximum atomic E-state index is 10.3. The zero-order valence-corrected chi connectivity index (χ0v) is 24.1. The van der Waals surface area contributed by atoms with Gasteiger partial charge in [-0.1, -0.05) is 122 Å². The van der Waals surface area contributed by atoms with Crippen LogP contribution in [0.2, 0.25) is 0 Å². The fourth-order valence-corrected chi connectivity index (χ4v) is 3.71. The molecule has 0 aliphatic rings. The zero-order valence-electron chi connectivity index (χ0n) is 19.2. The normalized spacial score (nSPS) is 11.1. The van der Waals surface area contributed by atoms with Gasteiger partial charge < -0.3 is 18.9 Å². The number of phosphoric acid groups is 1. The summed E-state index contributed by atoms with van der Waals surface area (Å²) in [5.41, 5.74) is 0. The number of unbranched alkanes of at least 4 members (excludes halogenated alkanes) is 18. The number of phosphoric ester groups is 1. The second-order valence-corrected chi connectivity index (χ2v) is 8.80. The minimum Gasteiger partial charge on any atom is -0.790 e. The molecule has 0 saturated heterocycles. The Morgan fingerprint density at radius 3 is 1.04 bits per heavy atom. The Bertz CT molecular complexity index is 328. The van der Waals surface area contributed by atoms with E-state index in [1.807, 2.05) is 0 Å². The van der Waals surface area contributed by atoms with Gasteiger partial charge in [-0.3, -0.25) is 0 Å². The first-order valence-corrected chi connectivity index (χ1v) is 12.7. The van der Waals surface area contributed by atoms with Gasteiger partial charge >= 0.3 is 59.1 Å². The summed E-state index contributed by atoms with van der Waals surface area (Å²) in [6.45, 7) is 2.32. The summed E-state index contributed by atoms with van der Waals surface area (Å²) < 4.78 is 14.5. The first-order valence-electron chi connectivity index (χ1n) is 11.2. The van der Waals surface area contributed by atoms with Crippen LogP contribution < -0.4 is 68.9 Å². The standard InChI is InChI=1S/C21H45O4P.2Na/c1-2-3-4-5-6-7-8-9-10-11-12-13-14-15-16-17-18-19-20-21-25-26(22,23)24;;/h2-21H2,1H3,(H2,22,23,24);;/q;2*+1/p-2. The average molecular weight is 437 g/mol. The minimum atomic E-state index is -4.76. The summed E-state index contributed by atoms with van der Waals surface area (Å²) in [7, 11) is -4.76. The average Bonchev–Trinajstić information content (AvgIpc) is 2.59. The van der Waals surface area contributed by atoms with E-state index in [1.54, 1.807) is 0 Å². The van der Waals surface area contributed by atoms with Crippen LogP contribution in [0.1, 0.15) is 129 Å². The van der Waals surface area contributed by atoms with Crippen molar-refractivity contribution in [1.82, 2.24) is 0 Å². The monoisotopic (exact) mass is 436 g/mol. The quantitative estimate of drug-likeness (QED) is 0.147. The molecule has 0 saturated carbocycles. The maximum absolute atomic E-state index is 10.3. The molecule has 4 nitrogen and oxygen atoms in total. The van der Waals surface area contributed by atoms with Crippen LogP contribution in [0.5, 0.6) is 0 Å². The van der Waals surface area contributed by atoms with E-state index in [4.69, 9.17) is 0 Å². The van der Waals surface area contributed by atoms with Crippen LogP contribution in [0.3, 0.4) is 0 Å². The van der Waals surface area contributed by atoms with Gasteiger partial charge in [-0.25, -0.2) is 0 Å². The van der Waals surface area contributed by atoms with Crippen LogP contribution in [0.4, 0.5) is 0 Å².